The molecule has 0 radical (unpaired) electrons. The Morgan fingerprint density at radius 3 is 2.56 bits per heavy atom. The summed E-state index contributed by atoms with van der Waals surface area (Å²) in [6, 6.07) is 5.04. The summed E-state index contributed by atoms with van der Waals surface area (Å²) in [6.45, 7) is 3.62. The van der Waals surface area contributed by atoms with E-state index in [9.17, 15) is 18.0 Å². The van der Waals surface area contributed by atoms with Gasteiger partial charge in [-0.2, -0.15) is 13.2 Å². The van der Waals surface area contributed by atoms with Crippen LogP contribution in [0.4, 0.5) is 13.2 Å². The second kappa shape index (κ2) is 4.00. The molecule has 5 heteroatoms. The fourth-order valence-corrected chi connectivity index (χ4v) is 2.34. The van der Waals surface area contributed by atoms with Crippen LogP contribution in [0, 0.1) is 0 Å². The Kier molecular flexibility index (Phi) is 2.87. The molecule has 0 bridgehead atoms. The van der Waals surface area contributed by atoms with Crippen LogP contribution in [0.15, 0.2) is 24.3 Å². The van der Waals surface area contributed by atoms with Gasteiger partial charge in [-0.05, 0) is 18.6 Å². The number of benzene rings is 1. The van der Waals surface area contributed by atoms with Gasteiger partial charge < -0.3 is 5.32 Å². The number of amides is 1. The highest BCUT2D eigenvalue weighted by Crippen LogP contribution is 2.38. The predicted octanol–water partition coefficient (Wildman–Crippen LogP) is 2.87. The first-order valence-electron chi connectivity index (χ1n) is 5.70. The molecule has 2 unspecified atom stereocenters. The van der Waals surface area contributed by atoms with Crippen LogP contribution in [0.25, 0.3) is 0 Å². The van der Waals surface area contributed by atoms with Crippen LogP contribution in [-0.2, 0) is 16.4 Å². The van der Waals surface area contributed by atoms with Crippen molar-refractivity contribution >= 4 is 5.91 Å². The van der Waals surface area contributed by atoms with Crippen molar-refractivity contribution in [2.45, 2.75) is 37.9 Å². The Labute approximate surface area is 103 Å². The molecule has 0 saturated carbocycles. The fourth-order valence-electron chi connectivity index (χ4n) is 2.34. The topological polar surface area (TPSA) is 29.1 Å². The quantitative estimate of drug-likeness (QED) is 0.823. The molecule has 1 heterocycles. The van der Waals surface area contributed by atoms with Crippen molar-refractivity contribution in [1.82, 2.24) is 5.32 Å². The van der Waals surface area contributed by atoms with Crippen LogP contribution in [0.2, 0.25) is 0 Å². The molecule has 0 aliphatic carbocycles. The molecule has 1 aromatic carbocycles. The van der Waals surface area contributed by atoms with Crippen molar-refractivity contribution in [2.24, 2.45) is 0 Å². The van der Waals surface area contributed by atoms with Gasteiger partial charge in [-0.25, -0.2) is 0 Å². The molecule has 2 atom stereocenters. The van der Waals surface area contributed by atoms with Gasteiger partial charge in [0.1, 0.15) is 0 Å². The molecule has 1 aliphatic rings. The normalized spacial score (nSPS) is 28.3. The van der Waals surface area contributed by atoms with Crippen molar-refractivity contribution in [3.8, 4) is 0 Å². The Bertz CT molecular complexity index is 483. The third-order valence-electron chi connectivity index (χ3n) is 3.71. The highest BCUT2D eigenvalue weighted by Gasteiger charge is 2.42. The molecule has 0 aromatic heterocycles. The number of alkyl halides is 3. The van der Waals surface area contributed by atoms with Crippen LogP contribution in [-0.4, -0.2) is 11.9 Å². The van der Waals surface area contributed by atoms with Gasteiger partial charge in [0, 0.05) is 17.9 Å². The van der Waals surface area contributed by atoms with Crippen molar-refractivity contribution in [2.75, 3.05) is 0 Å². The predicted molar refractivity (Wildman–Crippen MR) is 61.0 cm³/mol. The van der Waals surface area contributed by atoms with Gasteiger partial charge in [0.2, 0.25) is 5.91 Å². The molecular formula is C13H14F3NO. The molecule has 1 aliphatic heterocycles. The Hall–Kier alpha value is -1.52. The number of halogens is 3. The number of nitrogens with one attached hydrogen (secondary N) is 1. The summed E-state index contributed by atoms with van der Waals surface area (Å²) in [5, 5.41) is 2.74. The van der Waals surface area contributed by atoms with E-state index < -0.39 is 17.2 Å². The van der Waals surface area contributed by atoms with E-state index in [1.54, 1.807) is 6.07 Å². The van der Waals surface area contributed by atoms with Gasteiger partial charge in [-0.1, -0.05) is 25.1 Å². The van der Waals surface area contributed by atoms with Crippen LogP contribution < -0.4 is 5.32 Å². The number of carbonyl (C=O) groups is 1. The molecule has 1 N–H and O–H groups in total. The zero-order chi connectivity index (χ0) is 13.6. The minimum absolute atomic E-state index is 0.123. The Morgan fingerprint density at radius 2 is 2.06 bits per heavy atom. The van der Waals surface area contributed by atoms with Gasteiger partial charge in [-0.3, -0.25) is 4.79 Å². The Balaban J connectivity index is 2.43. The molecule has 1 amide bonds. The van der Waals surface area contributed by atoms with E-state index in [-0.39, 0.29) is 18.4 Å². The summed E-state index contributed by atoms with van der Waals surface area (Å²) in [6.07, 6.45) is -4.14. The first-order chi connectivity index (χ1) is 8.23. The van der Waals surface area contributed by atoms with Crippen LogP contribution in [0.5, 0.6) is 0 Å². The lowest BCUT2D eigenvalue weighted by molar-refractivity contribution is -0.137. The first kappa shape index (κ1) is 12.9. The highest BCUT2D eigenvalue weighted by molar-refractivity contribution is 5.81. The van der Waals surface area contributed by atoms with Gasteiger partial charge >= 0.3 is 6.18 Å². The minimum atomic E-state index is -4.36. The average Bonchev–Trinajstić information content (AvgIpc) is 2.53. The lowest BCUT2D eigenvalue weighted by Gasteiger charge is -2.28. The van der Waals surface area contributed by atoms with Gasteiger partial charge in [-0.15, -0.1) is 0 Å². The van der Waals surface area contributed by atoms with E-state index in [2.05, 4.69) is 5.32 Å². The van der Waals surface area contributed by atoms with Crippen molar-refractivity contribution < 1.29 is 18.0 Å². The average molecular weight is 257 g/mol. The maximum absolute atomic E-state index is 12.7. The number of carbonyl (C=O) groups excluding carboxylic acids is 1. The van der Waals surface area contributed by atoms with Crippen molar-refractivity contribution in [3.63, 3.8) is 0 Å². The number of hydrogen-bond acceptors (Lipinski definition) is 1. The SMILES string of the molecule is CC1NC(=O)CC1(C)c1cccc(C(F)(F)F)c1. The summed E-state index contributed by atoms with van der Waals surface area (Å²) in [5.74, 6) is -0.123. The molecule has 98 valence electrons. The minimum Gasteiger partial charge on any atom is -0.353 e. The summed E-state index contributed by atoms with van der Waals surface area (Å²) >= 11 is 0. The molecule has 0 spiro atoms. The zero-order valence-corrected chi connectivity index (χ0v) is 10.1. The van der Waals surface area contributed by atoms with E-state index in [1.807, 2.05) is 13.8 Å². The molecular weight excluding hydrogens is 243 g/mol. The monoisotopic (exact) mass is 257 g/mol. The van der Waals surface area contributed by atoms with Gasteiger partial charge in [0.25, 0.3) is 0 Å². The Morgan fingerprint density at radius 1 is 1.39 bits per heavy atom. The van der Waals surface area contributed by atoms with Crippen molar-refractivity contribution in [1.29, 1.82) is 0 Å². The third-order valence-corrected chi connectivity index (χ3v) is 3.71. The summed E-state index contributed by atoms with van der Waals surface area (Å²) in [5.41, 5.74) is -0.714. The molecule has 2 nitrogen and oxygen atoms in total. The first-order valence-corrected chi connectivity index (χ1v) is 5.70. The molecule has 1 fully saturated rings. The summed E-state index contributed by atoms with van der Waals surface area (Å²) < 4.78 is 38.0. The molecule has 2 rings (SSSR count). The molecule has 1 saturated heterocycles. The van der Waals surface area contributed by atoms with E-state index in [1.165, 1.54) is 6.07 Å². The second-order valence-corrected chi connectivity index (χ2v) is 4.96. The lowest BCUT2D eigenvalue weighted by atomic mass is 9.76. The van der Waals surface area contributed by atoms with Gasteiger partial charge in [0.15, 0.2) is 0 Å². The standard InChI is InChI=1S/C13H14F3NO/c1-8-12(2,7-11(18)17-8)9-4-3-5-10(6-9)13(14,15)16/h3-6,8H,7H2,1-2H3,(H,17,18). The maximum atomic E-state index is 12.7. The smallest absolute Gasteiger partial charge is 0.353 e. The van der Waals surface area contributed by atoms with E-state index in [0.717, 1.165) is 12.1 Å². The zero-order valence-electron chi connectivity index (χ0n) is 10.1. The number of hydrogen-bond donors (Lipinski definition) is 1. The van der Waals surface area contributed by atoms with Gasteiger partial charge in [0.05, 0.1) is 5.56 Å². The van der Waals surface area contributed by atoms with Crippen LogP contribution in [0.1, 0.15) is 31.4 Å². The molecule has 18 heavy (non-hydrogen) atoms. The largest absolute Gasteiger partial charge is 0.416 e. The van der Waals surface area contributed by atoms with E-state index in [4.69, 9.17) is 0 Å². The van der Waals surface area contributed by atoms with Crippen LogP contribution in [0.3, 0.4) is 0 Å². The maximum Gasteiger partial charge on any atom is 0.416 e. The van der Waals surface area contributed by atoms with E-state index in [0.29, 0.717) is 5.56 Å². The fraction of sp³-hybridized carbons (Fsp3) is 0.462. The molecule has 1 aromatic rings. The third kappa shape index (κ3) is 2.09. The second-order valence-electron chi connectivity index (χ2n) is 4.96. The number of rotatable bonds is 1. The van der Waals surface area contributed by atoms with Crippen molar-refractivity contribution in [3.05, 3.63) is 35.4 Å². The summed E-state index contributed by atoms with van der Waals surface area (Å²) in [4.78, 5) is 11.4. The lowest BCUT2D eigenvalue weighted by Crippen LogP contribution is -2.35. The summed E-state index contributed by atoms with van der Waals surface area (Å²) in [7, 11) is 0. The highest BCUT2D eigenvalue weighted by atomic mass is 19.4. The van der Waals surface area contributed by atoms with Crippen LogP contribution >= 0.6 is 0 Å². The van der Waals surface area contributed by atoms with E-state index >= 15 is 0 Å².